The van der Waals surface area contributed by atoms with Crippen molar-refractivity contribution in [3.63, 3.8) is 0 Å². The van der Waals surface area contributed by atoms with Crippen LogP contribution in [0.25, 0.3) is 0 Å². The molecule has 1 heteroatoms. The van der Waals surface area contributed by atoms with Crippen molar-refractivity contribution >= 4 is 0 Å². The van der Waals surface area contributed by atoms with Crippen LogP contribution in [0.2, 0.25) is 0 Å². The fourth-order valence-corrected chi connectivity index (χ4v) is 2.81. The summed E-state index contributed by atoms with van der Waals surface area (Å²) in [4.78, 5) is 0. The van der Waals surface area contributed by atoms with Crippen LogP contribution >= 0.6 is 0 Å². The van der Waals surface area contributed by atoms with E-state index in [0.717, 1.165) is 18.4 Å². The first-order valence-corrected chi connectivity index (χ1v) is 4.52. The molecular weight excluding hydrogens is 122 g/mol. The van der Waals surface area contributed by atoms with Gasteiger partial charge in [-0.3, -0.25) is 0 Å². The van der Waals surface area contributed by atoms with Crippen LogP contribution in [0.15, 0.2) is 0 Å². The maximum Gasteiger partial charge on any atom is -0.00179 e. The van der Waals surface area contributed by atoms with Crippen LogP contribution in [0, 0.1) is 17.3 Å². The third kappa shape index (κ3) is 0.672. The molecule has 0 amide bonds. The van der Waals surface area contributed by atoms with E-state index in [2.05, 4.69) is 6.92 Å². The second-order valence-electron chi connectivity index (χ2n) is 4.06. The lowest BCUT2D eigenvalue weighted by atomic mass is 9.80. The Hall–Kier alpha value is -0.0400. The molecule has 58 valence electrons. The normalized spacial score (nSPS) is 51.0. The van der Waals surface area contributed by atoms with Crippen LogP contribution in [0.5, 0.6) is 0 Å². The second kappa shape index (κ2) is 1.97. The van der Waals surface area contributed by atoms with Crippen molar-refractivity contribution in [2.75, 3.05) is 6.54 Å². The van der Waals surface area contributed by atoms with E-state index < -0.39 is 0 Å². The number of hydrogen-bond donors (Lipinski definition) is 1. The molecule has 1 nitrogen and oxygen atoms in total. The lowest BCUT2D eigenvalue weighted by molar-refractivity contribution is 0.251. The average molecular weight is 139 g/mol. The van der Waals surface area contributed by atoms with E-state index in [1.165, 1.54) is 25.7 Å². The maximum absolute atomic E-state index is 5.80. The molecule has 10 heavy (non-hydrogen) atoms. The molecule has 0 radical (unpaired) electrons. The molecule has 0 spiro atoms. The van der Waals surface area contributed by atoms with Gasteiger partial charge in [0.2, 0.25) is 0 Å². The Morgan fingerprint density at radius 2 is 2.40 bits per heavy atom. The van der Waals surface area contributed by atoms with Gasteiger partial charge in [0.15, 0.2) is 0 Å². The molecule has 0 aromatic rings. The zero-order valence-corrected chi connectivity index (χ0v) is 6.77. The molecule has 2 rings (SSSR count). The highest BCUT2D eigenvalue weighted by atomic mass is 14.7. The largest absolute Gasteiger partial charge is 0.330 e. The summed E-state index contributed by atoms with van der Waals surface area (Å²) >= 11 is 0. The molecule has 3 unspecified atom stereocenters. The first kappa shape index (κ1) is 6.66. The van der Waals surface area contributed by atoms with E-state index in [4.69, 9.17) is 5.73 Å². The van der Waals surface area contributed by atoms with Crippen molar-refractivity contribution in [2.45, 2.75) is 32.6 Å². The van der Waals surface area contributed by atoms with Gasteiger partial charge in [-0.2, -0.15) is 0 Å². The molecule has 0 aliphatic heterocycles. The van der Waals surface area contributed by atoms with Gasteiger partial charge in [-0.1, -0.05) is 6.92 Å². The van der Waals surface area contributed by atoms with Gasteiger partial charge in [-0.15, -0.1) is 0 Å². The van der Waals surface area contributed by atoms with Gasteiger partial charge < -0.3 is 5.73 Å². The first-order valence-electron chi connectivity index (χ1n) is 4.52. The summed E-state index contributed by atoms with van der Waals surface area (Å²) in [6.07, 6.45) is 5.68. The van der Waals surface area contributed by atoms with Crippen molar-refractivity contribution < 1.29 is 0 Å². The fourth-order valence-electron chi connectivity index (χ4n) is 2.81. The minimum absolute atomic E-state index is 0.588. The zero-order chi connectivity index (χ0) is 7.19. The molecule has 0 aromatic heterocycles. The summed E-state index contributed by atoms with van der Waals surface area (Å²) in [5, 5.41) is 0. The van der Waals surface area contributed by atoms with Crippen molar-refractivity contribution in [3.8, 4) is 0 Å². The molecule has 2 N–H and O–H groups in total. The van der Waals surface area contributed by atoms with Crippen molar-refractivity contribution in [2.24, 2.45) is 23.0 Å². The minimum Gasteiger partial charge on any atom is -0.330 e. The standard InChI is InChI=1S/C9H17N/c1-2-9(6-10)4-3-7-5-8(7)9/h7-8H,2-6,10H2,1H3. The fraction of sp³-hybridized carbons (Fsp3) is 1.00. The van der Waals surface area contributed by atoms with E-state index in [1.54, 1.807) is 0 Å². The van der Waals surface area contributed by atoms with Gasteiger partial charge >= 0.3 is 0 Å². The monoisotopic (exact) mass is 139 g/mol. The van der Waals surface area contributed by atoms with E-state index >= 15 is 0 Å². The molecule has 0 aromatic carbocycles. The zero-order valence-electron chi connectivity index (χ0n) is 6.77. The number of fused-ring (bicyclic) bond motifs is 1. The number of rotatable bonds is 2. The summed E-state index contributed by atoms with van der Waals surface area (Å²) < 4.78 is 0. The summed E-state index contributed by atoms with van der Waals surface area (Å²) in [6, 6.07) is 0. The van der Waals surface area contributed by atoms with Gasteiger partial charge in [0, 0.05) is 0 Å². The molecule has 0 saturated heterocycles. The van der Waals surface area contributed by atoms with Crippen LogP contribution in [0.3, 0.4) is 0 Å². The van der Waals surface area contributed by atoms with E-state index in [0.29, 0.717) is 5.41 Å². The topological polar surface area (TPSA) is 26.0 Å². The summed E-state index contributed by atoms with van der Waals surface area (Å²) in [5.41, 5.74) is 6.38. The van der Waals surface area contributed by atoms with E-state index in [-0.39, 0.29) is 0 Å². The first-order chi connectivity index (χ1) is 4.82. The average Bonchev–Trinajstić information content (AvgIpc) is 2.68. The summed E-state index contributed by atoms with van der Waals surface area (Å²) in [5.74, 6) is 2.12. The van der Waals surface area contributed by atoms with Crippen molar-refractivity contribution in [1.29, 1.82) is 0 Å². The Morgan fingerprint density at radius 1 is 1.60 bits per heavy atom. The Morgan fingerprint density at radius 3 is 2.60 bits per heavy atom. The number of nitrogens with two attached hydrogens (primary N) is 1. The number of hydrogen-bond acceptors (Lipinski definition) is 1. The van der Waals surface area contributed by atoms with Crippen LogP contribution in [-0.2, 0) is 0 Å². The summed E-state index contributed by atoms with van der Waals surface area (Å²) in [6.45, 7) is 3.23. The third-order valence-electron chi connectivity index (χ3n) is 3.83. The predicted molar refractivity (Wildman–Crippen MR) is 42.6 cm³/mol. The van der Waals surface area contributed by atoms with Gasteiger partial charge in [0.25, 0.3) is 0 Å². The Labute approximate surface area is 63.0 Å². The van der Waals surface area contributed by atoms with E-state index in [1.807, 2.05) is 0 Å². The molecule has 0 bridgehead atoms. The van der Waals surface area contributed by atoms with Gasteiger partial charge in [-0.05, 0) is 49.5 Å². The summed E-state index contributed by atoms with van der Waals surface area (Å²) in [7, 11) is 0. The Kier molecular flexibility index (Phi) is 1.31. The van der Waals surface area contributed by atoms with Crippen molar-refractivity contribution in [1.82, 2.24) is 0 Å². The third-order valence-corrected chi connectivity index (χ3v) is 3.83. The smallest absolute Gasteiger partial charge is 0.00179 e. The quantitative estimate of drug-likeness (QED) is 0.620. The molecule has 0 heterocycles. The SMILES string of the molecule is CCC1(CN)CCC2CC21. The molecule has 2 fully saturated rings. The molecule has 2 aliphatic rings. The molecular formula is C9H17N. The Bertz CT molecular complexity index is 138. The maximum atomic E-state index is 5.80. The van der Waals surface area contributed by atoms with Gasteiger partial charge in [-0.25, -0.2) is 0 Å². The molecule has 2 aliphatic carbocycles. The Balaban J connectivity index is 2.11. The van der Waals surface area contributed by atoms with Crippen LogP contribution in [0.1, 0.15) is 32.6 Å². The van der Waals surface area contributed by atoms with Crippen LogP contribution < -0.4 is 5.73 Å². The van der Waals surface area contributed by atoms with Crippen molar-refractivity contribution in [3.05, 3.63) is 0 Å². The predicted octanol–water partition coefficient (Wildman–Crippen LogP) is 1.77. The van der Waals surface area contributed by atoms with E-state index in [9.17, 15) is 0 Å². The highest BCUT2D eigenvalue weighted by molar-refractivity contribution is 5.06. The van der Waals surface area contributed by atoms with Gasteiger partial charge in [0.05, 0.1) is 0 Å². The van der Waals surface area contributed by atoms with Crippen LogP contribution in [-0.4, -0.2) is 6.54 Å². The van der Waals surface area contributed by atoms with Crippen LogP contribution in [0.4, 0.5) is 0 Å². The highest BCUT2D eigenvalue weighted by Gasteiger charge is 2.55. The molecule has 3 atom stereocenters. The lowest BCUT2D eigenvalue weighted by Crippen LogP contribution is -2.29. The second-order valence-corrected chi connectivity index (χ2v) is 4.06. The molecule has 2 saturated carbocycles. The van der Waals surface area contributed by atoms with Gasteiger partial charge in [0.1, 0.15) is 0 Å². The lowest BCUT2D eigenvalue weighted by Gasteiger charge is -2.27. The minimum atomic E-state index is 0.588. The highest BCUT2D eigenvalue weighted by Crippen LogP contribution is 2.62.